The van der Waals surface area contributed by atoms with Gasteiger partial charge in [-0.05, 0) is 53.9 Å². The number of hydrogen-bond acceptors (Lipinski definition) is 1. The predicted octanol–water partition coefficient (Wildman–Crippen LogP) is 6.15. The Bertz CT molecular complexity index is 734. The van der Waals surface area contributed by atoms with Gasteiger partial charge in [0.25, 0.3) is 0 Å². The van der Waals surface area contributed by atoms with E-state index in [1.165, 1.54) is 29.8 Å². The van der Waals surface area contributed by atoms with Crippen LogP contribution < -0.4 is 0 Å². The molecular formula is C20H16F2S. The minimum Gasteiger partial charge on any atom is -0.207 e. The van der Waals surface area contributed by atoms with Crippen LogP contribution in [0.5, 0.6) is 0 Å². The minimum atomic E-state index is -0.257. The normalized spacial score (nSPS) is 11.0. The molecule has 0 nitrogen and oxygen atoms in total. The fraction of sp³-hybridized carbons (Fsp3) is 0.100. The van der Waals surface area contributed by atoms with Crippen LogP contribution in [-0.2, 0) is 0 Å². The van der Waals surface area contributed by atoms with E-state index in [1.54, 1.807) is 36.0 Å². The highest BCUT2D eigenvalue weighted by Crippen LogP contribution is 2.41. The van der Waals surface area contributed by atoms with Gasteiger partial charge in [-0.1, -0.05) is 42.5 Å². The van der Waals surface area contributed by atoms with Crippen molar-refractivity contribution < 1.29 is 8.78 Å². The molecule has 0 N–H and O–H groups in total. The van der Waals surface area contributed by atoms with Crippen LogP contribution in [0.4, 0.5) is 8.78 Å². The van der Waals surface area contributed by atoms with Gasteiger partial charge in [-0.3, -0.25) is 0 Å². The summed E-state index contributed by atoms with van der Waals surface area (Å²) in [7, 11) is 0. The van der Waals surface area contributed by atoms with Gasteiger partial charge in [-0.2, -0.15) is 0 Å². The van der Waals surface area contributed by atoms with Crippen molar-refractivity contribution in [3.63, 3.8) is 0 Å². The van der Waals surface area contributed by atoms with Crippen LogP contribution in [0, 0.1) is 18.6 Å². The monoisotopic (exact) mass is 326 g/mol. The van der Waals surface area contributed by atoms with E-state index in [1.807, 2.05) is 12.1 Å². The fourth-order valence-corrected chi connectivity index (χ4v) is 3.67. The molecule has 0 aliphatic rings. The maximum atomic E-state index is 13.2. The lowest BCUT2D eigenvalue weighted by Gasteiger charge is -2.19. The van der Waals surface area contributed by atoms with Gasteiger partial charge in [0.2, 0.25) is 0 Å². The molecule has 0 unspecified atom stereocenters. The van der Waals surface area contributed by atoms with Crippen LogP contribution in [0.3, 0.4) is 0 Å². The molecule has 116 valence electrons. The molecule has 23 heavy (non-hydrogen) atoms. The van der Waals surface area contributed by atoms with Crippen molar-refractivity contribution in [1.29, 1.82) is 0 Å². The highest BCUT2D eigenvalue weighted by atomic mass is 32.2. The fourth-order valence-electron chi connectivity index (χ4n) is 2.42. The smallest absolute Gasteiger partial charge is 0.123 e. The number of halogens is 2. The van der Waals surface area contributed by atoms with Crippen molar-refractivity contribution in [2.75, 3.05) is 0 Å². The summed E-state index contributed by atoms with van der Waals surface area (Å²) in [4.78, 5) is 1.16. The molecule has 0 aliphatic carbocycles. The maximum absolute atomic E-state index is 13.2. The lowest BCUT2D eigenvalue weighted by Crippen LogP contribution is -1.98. The van der Waals surface area contributed by atoms with Crippen LogP contribution in [0.15, 0.2) is 77.7 Å². The standard InChI is InChI=1S/C20H16F2S/c1-14-4-2-3-5-19(14)23-20(15-6-10-17(21)11-7-15)16-8-12-18(22)13-9-16/h2-13,20H,1H3. The van der Waals surface area contributed by atoms with E-state index in [2.05, 4.69) is 19.1 Å². The summed E-state index contributed by atoms with van der Waals surface area (Å²) in [6.45, 7) is 2.06. The number of thioether (sulfide) groups is 1. The van der Waals surface area contributed by atoms with Crippen molar-refractivity contribution in [3.05, 3.63) is 101 Å². The Morgan fingerprint density at radius 2 is 1.17 bits per heavy atom. The second kappa shape index (κ2) is 6.97. The van der Waals surface area contributed by atoms with Gasteiger partial charge in [0.15, 0.2) is 0 Å². The molecule has 0 aliphatic heterocycles. The highest BCUT2D eigenvalue weighted by molar-refractivity contribution is 7.99. The van der Waals surface area contributed by atoms with E-state index in [-0.39, 0.29) is 16.9 Å². The molecule has 3 rings (SSSR count). The molecule has 3 aromatic carbocycles. The van der Waals surface area contributed by atoms with Gasteiger partial charge in [0, 0.05) is 4.90 Å². The molecule has 0 fully saturated rings. The molecule has 0 aromatic heterocycles. The average molecular weight is 326 g/mol. The van der Waals surface area contributed by atoms with Crippen LogP contribution in [0.25, 0.3) is 0 Å². The van der Waals surface area contributed by atoms with E-state index in [0.717, 1.165) is 16.0 Å². The number of hydrogen-bond donors (Lipinski definition) is 0. The van der Waals surface area contributed by atoms with Gasteiger partial charge < -0.3 is 0 Å². The molecule has 0 saturated heterocycles. The summed E-state index contributed by atoms with van der Waals surface area (Å²) in [6, 6.07) is 21.1. The molecule has 0 amide bonds. The first-order valence-corrected chi connectivity index (χ1v) is 8.24. The molecule has 0 radical (unpaired) electrons. The van der Waals surface area contributed by atoms with Crippen molar-refractivity contribution >= 4 is 11.8 Å². The Morgan fingerprint density at radius 1 is 0.696 bits per heavy atom. The van der Waals surface area contributed by atoms with E-state index in [9.17, 15) is 8.78 Å². The third kappa shape index (κ3) is 3.80. The maximum Gasteiger partial charge on any atom is 0.123 e. The van der Waals surface area contributed by atoms with Crippen LogP contribution in [-0.4, -0.2) is 0 Å². The van der Waals surface area contributed by atoms with Crippen molar-refractivity contribution in [2.45, 2.75) is 17.1 Å². The molecule has 0 saturated carbocycles. The average Bonchev–Trinajstić information content (AvgIpc) is 2.56. The van der Waals surface area contributed by atoms with Gasteiger partial charge >= 0.3 is 0 Å². The Balaban J connectivity index is 2.01. The number of rotatable bonds is 4. The van der Waals surface area contributed by atoms with E-state index >= 15 is 0 Å². The van der Waals surface area contributed by atoms with E-state index in [0.29, 0.717) is 0 Å². The van der Waals surface area contributed by atoms with Crippen LogP contribution >= 0.6 is 11.8 Å². The minimum absolute atomic E-state index is 0.0164. The number of benzene rings is 3. The van der Waals surface area contributed by atoms with E-state index in [4.69, 9.17) is 0 Å². The Hall–Kier alpha value is -2.13. The van der Waals surface area contributed by atoms with Gasteiger partial charge in [-0.15, -0.1) is 11.8 Å². The zero-order valence-electron chi connectivity index (χ0n) is 12.7. The zero-order chi connectivity index (χ0) is 16.2. The molecule has 0 bridgehead atoms. The Morgan fingerprint density at radius 3 is 1.65 bits per heavy atom. The summed E-state index contributed by atoms with van der Waals surface area (Å²) in [6.07, 6.45) is 0. The van der Waals surface area contributed by atoms with Crippen molar-refractivity contribution in [1.82, 2.24) is 0 Å². The summed E-state index contributed by atoms with van der Waals surface area (Å²) < 4.78 is 26.5. The summed E-state index contributed by atoms with van der Waals surface area (Å²) >= 11 is 1.69. The highest BCUT2D eigenvalue weighted by Gasteiger charge is 2.17. The predicted molar refractivity (Wildman–Crippen MR) is 91.7 cm³/mol. The van der Waals surface area contributed by atoms with Gasteiger partial charge in [-0.25, -0.2) is 8.78 Å². The van der Waals surface area contributed by atoms with Crippen molar-refractivity contribution in [3.8, 4) is 0 Å². The first-order chi connectivity index (χ1) is 11.1. The molecule has 0 spiro atoms. The quantitative estimate of drug-likeness (QED) is 0.518. The Labute approximate surface area is 139 Å². The van der Waals surface area contributed by atoms with E-state index < -0.39 is 0 Å². The first kappa shape index (κ1) is 15.8. The lowest BCUT2D eigenvalue weighted by molar-refractivity contribution is 0.626. The van der Waals surface area contributed by atoms with Gasteiger partial charge in [0.1, 0.15) is 11.6 Å². The molecule has 0 atom stereocenters. The van der Waals surface area contributed by atoms with Crippen molar-refractivity contribution in [2.24, 2.45) is 0 Å². The lowest BCUT2D eigenvalue weighted by atomic mass is 10.0. The summed E-state index contributed by atoms with van der Waals surface area (Å²) in [5, 5.41) is -0.0164. The number of aryl methyl sites for hydroxylation is 1. The largest absolute Gasteiger partial charge is 0.207 e. The van der Waals surface area contributed by atoms with Gasteiger partial charge in [0.05, 0.1) is 5.25 Å². The third-order valence-corrected chi connectivity index (χ3v) is 5.18. The van der Waals surface area contributed by atoms with Crippen LogP contribution in [0.1, 0.15) is 21.9 Å². The second-order valence-electron chi connectivity index (χ2n) is 5.37. The third-order valence-electron chi connectivity index (χ3n) is 3.68. The summed E-state index contributed by atoms with van der Waals surface area (Å²) in [5.41, 5.74) is 3.17. The molecule has 0 heterocycles. The summed E-state index contributed by atoms with van der Waals surface area (Å²) in [5.74, 6) is -0.514. The Kier molecular flexibility index (Phi) is 4.77. The van der Waals surface area contributed by atoms with Crippen LogP contribution in [0.2, 0.25) is 0 Å². The zero-order valence-corrected chi connectivity index (χ0v) is 13.5. The second-order valence-corrected chi connectivity index (χ2v) is 6.51. The molecule has 3 heteroatoms. The topological polar surface area (TPSA) is 0 Å². The molecule has 3 aromatic rings. The first-order valence-electron chi connectivity index (χ1n) is 7.37. The SMILES string of the molecule is Cc1ccccc1SC(c1ccc(F)cc1)c1ccc(F)cc1. The molecular weight excluding hydrogens is 310 g/mol.